The van der Waals surface area contributed by atoms with Crippen LogP contribution in [0.1, 0.15) is 38.2 Å². The van der Waals surface area contributed by atoms with Crippen molar-refractivity contribution < 1.29 is 13.5 Å². The predicted octanol–water partition coefficient (Wildman–Crippen LogP) is 2.43. The van der Waals surface area contributed by atoms with Crippen molar-refractivity contribution in [3.8, 4) is 0 Å². The minimum absolute atomic E-state index is 0.133. The lowest BCUT2D eigenvalue weighted by molar-refractivity contribution is 0.195. The van der Waals surface area contributed by atoms with Crippen LogP contribution in [0, 0.1) is 11.8 Å². The van der Waals surface area contributed by atoms with E-state index in [2.05, 4.69) is 16.5 Å². The number of benzene rings is 1. The van der Waals surface area contributed by atoms with Gasteiger partial charge in [-0.3, -0.25) is 4.72 Å². The Morgan fingerprint density at radius 2 is 1.96 bits per heavy atom. The minimum atomic E-state index is -3.29. The fraction of sp³-hybridized carbons (Fsp3) is 0.684. The monoisotopic (exact) mass is 366 g/mol. The third-order valence-electron chi connectivity index (χ3n) is 5.90. The summed E-state index contributed by atoms with van der Waals surface area (Å²) in [6.45, 7) is 5.61. The van der Waals surface area contributed by atoms with Crippen molar-refractivity contribution in [2.45, 2.75) is 38.0 Å². The molecule has 3 rings (SSSR count). The largest absolute Gasteiger partial charge is 0.395 e. The molecule has 2 N–H and O–H groups in total. The summed E-state index contributed by atoms with van der Waals surface area (Å²) in [6.07, 6.45) is 6.28. The van der Waals surface area contributed by atoms with E-state index in [4.69, 9.17) is 0 Å². The van der Waals surface area contributed by atoms with E-state index < -0.39 is 10.0 Å². The number of nitrogens with one attached hydrogen (secondary N) is 1. The van der Waals surface area contributed by atoms with Crippen LogP contribution in [0.25, 0.3) is 0 Å². The topological polar surface area (TPSA) is 69.6 Å². The Morgan fingerprint density at radius 1 is 1.24 bits per heavy atom. The molecule has 5 nitrogen and oxygen atoms in total. The minimum Gasteiger partial charge on any atom is -0.395 e. The van der Waals surface area contributed by atoms with Crippen molar-refractivity contribution in [1.82, 2.24) is 4.90 Å². The highest BCUT2D eigenvalue weighted by molar-refractivity contribution is 7.92. The Bertz CT molecular complexity index is 692. The van der Waals surface area contributed by atoms with E-state index in [-0.39, 0.29) is 12.0 Å². The summed E-state index contributed by atoms with van der Waals surface area (Å²) in [5.41, 5.74) is 1.45. The van der Waals surface area contributed by atoms with Gasteiger partial charge in [-0.05, 0) is 42.5 Å². The van der Waals surface area contributed by atoms with E-state index in [9.17, 15) is 13.5 Å². The van der Waals surface area contributed by atoms with Crippen molar-refractivity contribution in [1.29, 1.82) is 0 Å². The van der Waals surface area contributed by atoms with Gasteiger partial charge in [0.15, 0.2) is 0 Å². The number of aliphatic hydroxyl groups is 1. The van der Waals surface area contributed by atoms with Gasteiger partial charge in [0.25, 0.3) is 0 Å². The van der Waals surface area contributed by atoms with Gasteiger partial charge < -0.3 is 10.0 Å². The Labute approximate surface area is 151 Å². The Kier molecular flexibility index (Phi) is 5.42. The summed E-state index contributed by atoms with van der Waals surface area (Å²) in [5.74, 6) is 0.967. The molecule has 1 saturated carbocycles. The molecule has 1 aromatic carbocycles. The molecular weight excluding hydrogens is 336 g/mol. The van der Waals surface area contributed by atoms with Crippen molar-refractivity contribution in [2.24, 2.45) is 11.8 Å². The van der Waals surface area contributed by atoms with Crippen LogP contribution in [0.4, 0.5) is 5.69 Å². The van der Waals surface area contributed by atoms with Gasteiger partial charge in [-0.2, -0.15) is 0 Å². The number of fused-ring (bicyclic) bond motifs is 1. The van der Waals surface area contributed by atoms with Gasteiger partial charge in [0.05, 0.1) is 12.9 Å². The molecule has 0 spiro atoms. The summed E-state index contributed by atoms with van der Waals surface area (Å²) >= 11 is 0. The van der Waals surface area contributed by atoms with Gasteiger partial charge in [0, 0.05) is 24.2 Å². The van der Waals surface area contributed by atoms with Crippen LogP contribution < -0.4 is 4.72 Å². The van der Waals surface area contributed by atoms with Gasteiger partial charge in [-0.25, -0.2) is 8.42 Å². The molecule has 1 heterocycles. The third kappa shape index (κ3) is 3.86. The van der Waals surface area contributed by atoms with E-state index in [1.165, 1.54) is 25.7 Å². The average molecular weight is 367 g/mol. The summed E-state index contributed by atoms with van der Waals surface area (Å²) in [5, 5.41) is 10.1. The van der Waals surface area contributed by atoms with Crippen LogP contribution in [0.3, 0.4) is 0 Å². The third-order valence-corrected chi connectivity index (χ3v) is 6.51. The highest BCUT2D eigenvalue weighted by Crippen LogP contribution is 2.63. The first kappa shape index (κ1) is 18.7. The summed E-state index contributed by atoms with van der Waals surface area (Å²) in [4.78, 5) is 2.53. The number of unbranched alkanes of at least 4 members (excludes halogenated alkanes) is 3. The maximum Gasteiger partial charge on any atom is 0.229 e. The van der Waals surface area contributed by atoms with E-state index >= 15 is 0 Å². The van der Waals surface area contributed by atoms with Crippen LogP contribution in [0.5, 0.6) is 0 Å². The van der Waals surface area contributed by atoms with Crippen LogP contribution >= 0.6 is 0 Å². The first-order valence-corrected chi connectivity index (χ1v) is 11.2. The van der Waals surface area contributed by atoms with Crippen LogP contribution in [-0.2, 0) is 15.4 Å². The van der Waals surface area contributed by atoms with E-state index in [1.807, 2.05) is 18.2 Å². The lowest BCUT2D eigenvalue weighted by atomic mass is 9.90. The van der Waals surface area contributed by atoms with Crippen molar-refractivity contribution in [2.75, 3.05) is 37.2 Å². The molecule has 3 atom stereocenters. The zero-order chi connectivity index (χ0) is 18.1. The van der Waals surface area contributed by atoms with Crippen molar-refractivity contribution in [3.63, 3.8) is 0 Å². The number of rotatable bonds is 9. The number of hydrogen-bond acceptors (Lipinski definition) is 4. The molecule has 0 aromatic heterocycles. The standard InChI is InChI=1S/C19H30N2O3S/c1-3-4-5-6-10-21-12-17-18(13-21)19(17,14-22)15-8-7-9-16(11-15)20-25(2,23)24/h7-9,11,17-18,20,22H,3-6,10,12-14H2,1-2H3/t17-,18+,19?. The van der Waals surface area contributed by atoms with E-state index in [1.54, 1.807) is 6.07 Å². The van der Waals surface area contributed by atoms with Crippen molar-refractivity contribution in [3.05, 3.63) is 29.8 Å². The number of aliphatic hydroxyl groups excluding tert-OH is 1. The lowest BCUT2D eigenvalue weighted by Crippen LogP contribution is -2.33. The maximum atomic E-state index is 11.5. The first-order valence-electron chi connectivity index (χ1n) is 9.32. The van der Waals surface area contributed by atoms with Crippen LogP contribution in [-0.4, -0.2) is 50.9 Å². The number of nitrogens with zero attached hydrogens (tertiary/aromatic N) is 1. The molecule has 0 radical (unpaired) electrons. The number of hydrogen-bond donors (Lipinski definition) is 2. The molecule has 1 unspecified atom stereocenters. The number of sulfonamides is 1. The van der Waals surface area contributed by atoms with E-state index in [0.717, 1.165) is 31.5 Å². The zero-order valence-electron chi connectivity index (χ0n) is 15.2. The molecule has 2 aliphatic rings. The molecule has 1 saturated heterocycles. The van der Waals surface area contributed by atoms with Crippen molar-refractivity contribution >= 4 is 15.7 Å². The fourth-order valence-corrected chi connectivity index (χ4v) is 5.16. The molecule has 1 aliphatic heterocycles. The van der Waals surface area contributed by atoms with Crippen LogP contribution in [0.15, 0.2) is 24.3 Å². The number of anilines is 1. The summed E-state index contributed by atoms with van der Waals surface area (Å²) < 4.78 is 25.5. The quantitative estimate of drug-likeness (QED) is 0.659. The molecule has 25 heavy (non-hydrogen) atoms. The van der Waals surface area contributed by atoms with Gasteiger partial charge in [-0.15, -0.1) is 0 Å². The van der Waals surface area contributed by atoms with Gasteiger partial charge in [0.1, 0.15) is 0 Å². The highest BCUT2D eigenvalue weighted by atomic mass is 32.2. The van der Waals surface area contributed by atoms with E-state index in [0.29, 0.717) is 17.5 Å². The Balaban J connectivity index is 1.64. The SMILES string of the molecule is CCCCCCN1C[C@@H]2[C@H](C1)C2(CO)c1cccc(NS(C)(=O)=O)c1. The number of piperidine rings is 1. The maximum absolute atomic E-state index is 11.5. The predicted molar refractivity (Wildman–Crippen MR) is 101 cm³/mol. The molecule has 140 valence electrons. The second-order valence-corrected chi connectivity index (χ2v) is 9.44. The molecule has 1 aromatic rings. The Hall–Kier alpha value is -1.11. The second-order valence-electron chi connectivity index (χ2n) is 7.69. The smallest absolute Gasteiger partial charge is 0.229 e. The Morgan fingerprint density at radius 3 is 2.56 bits per heavy atom. The molecule has 0 bridgehead atoms. The molecule has 1 aliphatic carbocycles. The summed E-state index contributed by atoms with van der Waals surface area (Å²) in [6, 6.07) is 7.54. The van der Waals surface area contributed by atoms with Gasteiger partial charge in [-0.1, -0.05) is 38.3 Å². The molecule has 2 fully saturated rings. The summed E-state index contributed by atoms with van der Waals surface area (Å²) in [7, 11) is -3.29. The molecular formula is C19H30N2O3S. The average Bonchev–Trinajstić information content (AvgIpc) is 2.94. The van der Waals surface area contributed by atoms with Gasteiger partial charge >= 0.3 is 0 Å². The lowest BCUT2D eigenvalue weighted by Gasteiger charge is -2.26. The second kappa shape index (κ2) is 7.25. The normalized spacial score (nSPS) is 28.8. The number of likely N-dealkylation sites (tertiary alicyclic amines) is 1. The fourth-order valence-electron chi connectivity index (χ4n) is 4.60. The highest BCUT2D eigenvalue weighted by Gasteiger charge is 2.68. The van der Waals surface area contributed by atoms with Crippen LogP contribution in [0.2, 0.25) is 0 Å². The zero-order valence-corrected chi connectivity index (χ0v) is 16.1. The first-order chi connectivity index (χ1) is 11.9. The van der Waals surface area contributed by atoms with Gasteiger partial charge in [0.2, 0.25) is 10.0 Å². The molecule has 0 amide bonds. The molecule has 6 heteroatoms.